The molecule has 0 aliphatic carbocycles. The number of hydrogen-bond acceptors (Lipinski definition) is 6. The molecule has 6 nitrogen and oxygen atoms in total. The second-order valence-corrected chi connectivity index (χ2v) is 4.59. The molecular weight excluding hydrogens is 280 g/mol. The molecule has 0 spiro atoms. The predicted octanol–water partition coefficient (Wildman–Crippen LogP) is 1.68. The van der Waals surface area contributed by atoms with Crippen LogP contribution in [0.2, 0.25) is 0 Å². The molecule has 1 aliphatic heterocycles. The smallest absolute Gasteiger partial charge is 0.410 e. The van der Waals surface area contributed by atoms with E-state index in [9.17, 15) is 9.59 Å². The van der Waals surface area contributed by atoms with Crippen molar-refractivity contribution in [3.63, 3.8) is 0 Å². The van der Waals surface area contributed by atoms with Crippen LogP contribution in [0.1, 0.15) is 18.4 Å². The van der Waals surface area contributed by atoms with Gasteiger partial charge < -0.3 is 9.57 Å². The highest BCUT2D eigenvalue weighted by atomic mass is 32.1. The number of nitrogens with zero attached hydrogens (tertiary/aromatic N) is 1. The Labute approximate surface area is 122 Å². The van der Waals surface area contributed by atoms with Gasteiger partial charge in [-0.25, -0.2) is 9.59 Å². The first-order valence-electron chi connectivity index (χ1n) is 6.29. The lowest BCUT2D eigenvalue weighted by atomic mass is 10.2. The maximum atomic E-state index is 12.0. The molecule has 1 fully saturated rings. The van der Waals surface area contributed by atoms with Crippen LogP contribution in [0.4, 0.5) is 4.79 Å². The van der Waals surface area contributed by atoms with Crippen molar-refractivity contribution >= 4 is 24.9 Å². The van der Waals surface area contributed by atoms with Crippen molar-refractivity contribution in [3.05, 3.63) is 35.9 Å². The molecule has 1 heterocycles. The summed E-state index contributed by atoms with van der Waals surface area (Å²) < 4.78 is 5.21. The number of benzene rings is 1. The number of rotatable bonds is 4. The monoisotopic (exact) mass is 296 g/mol. The number of hydrogen-bond donors (Lipinski definition) is 2. The highest BCUT2D eigenvalue weighted by Gasteiger charge is 2.36. The van der Waals surface area contributed by atoms with Crippen LogP contribution in [0.3, 0.4) is 0 Å². The van der Waals surface area contributed by atoms with Gasteiger partial charge in [0.05, 0.1) is 0 Å². The topological polar surface area (TPSA) is 67.9 Å². The number of likely N-dealkylation sites (tertiary alicyclic amines) is 1. The van der Waals surface area contributed by atoms with Gasteiger partial charge in [0.25, 0.3) is 0 Å². The van der Waals surface area contributed by atoms with Crippen molar-refractivity contribution in [2.75, 3.05) is 6.54 Å². The molecule has 1 aromatic rings. The molecule has 0 aromatic heterocycles. The highest BCUT2D eigenvalue weighted by molar-refractivity contribution is 7.77. The van der Waals surface area contributed by atoms with E-state index in [1.165, 1.54) is 4.90 Å². The van der Waals surface area contributed by atoms with E-state index in [1.807, 2.05) is 35.2 Å². The Morgan fingerprint density at radius 3 is 2.80 bits per heavy atom. The quantitative estimate of drug-likeness (QED) is 0.653. The highest BCUT2D eigenvalue weighted by Crippen LogP contribution is 2.19. The molecule has 1 saturated heterocycles. The Kier molecular flexibility index (Phi) is 5.25. The van der Waals surface area contributed by atoms with E-state index in [2.05, 4.69) is 17.7 Å². The Morgan fingerprint density at radius 1 is 1.35 bits per heavy atom. The molecular formula is C13H16N2O4S. The Balaban J connectivity index is 1.89. The van der Waals surface area contributed by atoms with Gasteiger partial charge in [-0.05, 0) is 18.4 Å². The average molecular weight is 296 g/mol. The van der Waals surface area contributed by atoms with Gasteiger partial charge in [-0.1, -0.05) is 48.0 Å². The zero-order valence-corrected chi connectivity index (χ0v) is 11.7. The van der Waals surface area contributed by atoms with Gasteiger partial charge in [-0.3, -0.25) is 4.90 Å². The molecule has 0 radical (unpaired) electrons. The lowest BCUT2D eigenvalue weighted by Crippen LogP contribution is -2.42. The van der Waals surface area contributed by atoms with Gasteiger partial charge in [0.2, 0.25) is 0 Å². The first-order chi connectivity index (χ1) is 9.72. The van der Waals surface area contributed by atoms with Crippen molar-refractivity contribution in [2.24, 2.45) is 0 Å². The summed E-state index contributed by atoms with van der Waals surface area (Å²) in [6.07, 6.45) is 0.800. The second kappa shape index (κ2) is 7.16. The average Bonchev–Trinajstić information content (AvgIpc) is 2.96. The molecule has 7 heteroatoms. The molecule has 1 atom stereocenters. The van der Waals surface area contributed by atoms with E-state index in [-0.39, 0.29) is 6.61 Å². The van der Waals surface area contributed by atoms with E-state index in [4.69, 9.17) is 4.74 Å². The number of carbonyl (C=O) groups excluding carboxylic acids is 2. The van der Waals surface area contributed by atoms with E-state index >= 15 is 0 Å². The summed E-state index contributed by atoms with van der Waals surface area (Å²) in [6, 6.07) is 8.76. The summed E-state index contributed by atoms with van der Waals surface area (Å²) in [5.41, 5.74) is 0.899. The maximum Gasteiger partial charge on any atom is 0.410 e. The van der Waals surface area contributed by atoms with Gasteiger partial charge in [0.1, 0.15) is 12.6 Å². The van der Waals surface area contributed by atoms with Crippen LogP contribution in [0, 0.1) is 0 Å². The number of ether oxygens (including phenoxy) is 1. The standard InChI is InChI=1S/C13H16N2O4S/c16-12(19-14-20)11-7-4-8-15(11)13(17)18-9-10-5-2-1-3-6-10/h1-3,5-6,11,14,20H,4,7-9H2. The van der Waals surface area contributed by atoms with Crippen molar-refractivity contribution in [1.82, 2.24) is 9.79 Å². The lowest BCUT2D eigenvalue weighted by molar-refractivity contribution is -0.151. The largest absolute Gasteiger partial charge is 0.445 e. The first-order valence-corrected chi connectivity index (χ1v) is 6.74. The Bertz CT molecular complexity index is 469. The molecule has 2 rings (SSSR count). The van der Waals surface area contributed by atoms with Gasteiger partial charge in [0.15, 0.2) is 0 Å². The van der Waals surface area contributed by atoms with E-state index < -0.39 is 18.1 Å². The van der Waals surface area contributed by atoms with E-state index in [0.717, 1.165) is 12.0 Å². The summed E-state index contributed by atoms with van der Waals surface area (Å²) in [4.78, 5) is 31.7. The number of thiol groups is 1. The molecule has 1 aromatic carbocycles. The summed E-state index contributed by atoms with van der Waals surface area (Å²) in [5, 5.41) is 0. The summed E-state index contributed by atoms with van der Waals surface area (Å²) in [5.74, 6) is -0.533. The molecule has 0 bridgehead atoms. The van der Waals surface area contributed by atoms with Crippen LogP contribution in [0.15, 0.2) is 30.3 Å². The fraction of sp³-hybridized carbons (Fsp3) is 0.385. The first kappa shape index (κ1) is 14.7. The van der Waals surface area contributed by atoms with Crippen molar-refractivity contribution in [1.29, 1.82) is 0 Å². The normalized spacial score (nSPS) is 17.9. The molecule has 1 amide bonds. The Hall–Kier alpha value is -1.73. The van der Waals surface area contributed by atoms with Crippen molar-refractivity contribution < 1.29 is 19.2 Å². The van der Waals surface area contributed by atoms with Gasteiger partial charge in [-0.15, -0.1) is 0 Å². The van der Waals surface area contributed by atoms with Crippen LogP contribution in [0.25, 0.3) is 0 Å². The van der Waals surface area contributed by atoms with Crippen LogP contribution < -0.4 is 4.89 Å². The van der Waals surface area contributed by atoms with E-state index in [1.54, 1.807) is 0 Å². The second-order valence-electron chi connectivity index (χ2n) is 4.40. The molecule has 20 heavy (non-hydrogen) atoms. The molecule has 108 valence electrons. The summed E-state index contributed by atoms with van der Waals surface area (Å²) in [7, 11) is 0. The van der Waals surface area contributed by atoms with E-state index in [0.29, 0.717) is 13.0 Å². The fourth-order valence-electron chi connectivity index (χ4n) is 2.15. The lowest BCUT2D eigenvalue weighted by Gasteiger charge is -2.22. The maximum absolute atomic E-state index is 12.0. The molecule has 0 saturated carbocycles. The predicted molar refractivity (Wildman–Crippen MR) is 74.6 cm³/mol. The van der Waals surface area contributed by atoms with Gasteiger partial charge in [-0.2, -0.15) is 0 Å². The number of amides is 1. The molecule has 1 N–H and O–H groups in total. The minimum absolute atomic E-state index is 0.183. The van der Waals surface area contributed by atoms with Crippen molar-refractivity contribution in [2.45, 2.75) is 25.5 Å². The summed E-state index contributed by atoms with van der Waals surface area (Å²) >= 11 is 3.60. The van der Waals surface area contributed by atoms with Crippen LogP contribution >= 0.6 is 12.8 Å². The Morgan fingerprint density at radius 2 is 2.10 bits per heavy atom. The zero-order valence-electron chi connectivity index (χ0n) is 10.8. The van der Waals surface area contributed by atoms with Crippen LogP contribution in [-0.4, -0.2) is 29.5 Å². The molecule has 1 unspecified atom stereocenters. The molecule has 1 aliphatic rings. The van der Waals surface area contributed by atoms with Crippen LogP contribution in [0.5, 0.6) is 0 Å². The number of carbonyl (C=O) groups is 2. The van der Waals surface area contributed by atoms with Crippen LogP contribution in [-0.2, 0) is 21.0 Å². The number of nitrogens with one attached hydrogen (secondary N) is 1. The fourth-order valence-corrected chi connectivity index (χ4v) is 2.24. The van der Waals surface area contributed by atoms with Gasteiger partial charge >= 0.3 is 12.1 Å². The zero-order chi connectivity index (χ0) is 14.4. The minimum Gasteiger partial charge on any atom is -0.445 e. The minimum atomic E-state index is -0.613. The van der Waals surface area contributed by atoms with Crippen molar-refractivity contribution in [3.8, 4) is 0 Å². The summed E-state index contributed by atoms with van der Waals surface area (Å²) in [6.45, 7) is 0.669. The third-order valence-corrected chi connectivity index (χ3v) is 3.20. The third-order valence-electron chi connectivity index (χ3n) is 3.11. The van der Waals surface area contributed by atoms with Gasteiger partial charge in [0, 0.05) is 6.54 Å². The SMILES string of the molecule is O=C(ONS)C1CCCN1C(=O)OCc1ccccc1. The third kappa shape index (κ3) is 3.64.